The molecule has 6 heteroatoms. The van der Waals surface area contributed by atoms with Crippen LogP contribution >= 0.6 is 0 Å². The van der Waals surface area contributed by atoms with Crippen LogP contribution in [0.25, 0.3) is 0 Å². The standard InChI is InChI=1S/C12H16N2O4/c1-7(15)8-3-9(13(2)4-8)12(18)14-5-10(16)11(17)6-14/h3-4,10-11,16-17H,5-6H2,1-2H3/t10-,11+. The molecule has 1 aromatic heterocycles. The lowest BCUT2D eigenvalue weighted by molar-refractivity contribution is 0.0572. The first-order chi connectivity index (χ1) is 8.40. The lowest BCUT2D eigenvalue weighted by Gasteiger charge is -2.15. The van der Waals surface area contributed by atoms with Gasteiger partial charge in [0.15, 0.2) is 5.78 Å². The minimum Gasteiger partial charge on any atom is -0.388 e. The number of carbonyl (C=O) groups is 2. The fourth-order valence-corrected chi connectivity index (χ4v) is 2.07. The van der Waals surface area contributed by atoms with Crippen molar-refractivity contribution in [2.45, 2.75) is 19.1 Å². The first-order valence-electron chi connectivity index (χ1n) is 5.73. The molecule has 1 aliphatic heterocycles. The van der Waals surface area contributed by atoms with Crippen molar-refractivity contribution in [1.82, 2.24) is 9.47 Å². The van der Waals surface area contributed by atoms with Crippen molar-refractivity contribution >= 4 is 11.7 Å². The number of Topliss-reactive ketones (excluding diaryl/α,β-unsaturated/α-hetero) is 1. The summed E-state index contributed by atoms with van der Waals surface area (Å²) in [5, 5.41) is 18.8. The molecule has 2 atom stereocenters. The molecule has 0 unspecified atom stereocenters. The summed E-state index contributed by atoms with van der Waals surface area (Å²) in [6, 6.07) is 1.53. The Bertz CT molecular complexity index is 484. The third kappa shape index (κ3) is 2.16. The molecule has 0 spiro atoms. The number of rotatable bonds is 2. The number of carbonyl (C=O) groups excluding carboxylic acids is 2. The van der Waals surface area contributed by atoms with Crippen LogP contribution in [0.15, 0.2) is 12.3 Å². The zero-order valence-electron chi connectivity index (χ0n) is 10.3. The Kier molecular flexibility index (Phi) is 3.23. The normalized spacial score (nSPS) is 23.4. The Labute approximate surface area is 104 Å². The molecular formula is C12H16N2O4. The van der Waals surface area contributed by atoms with Crippen LogP contribution in [-0.4, -0.2) is 56.7 Å². The fraction of sp³-hybridized carbons (Fsp3) is 0.500. The number of β-amino-alcohol motifs (C(OH)–C–C–N with tert-alkyl or cyclic N) is 2. The molecule has 2 heterocycles. The van der Waals surface area contributed by atoms with Gasteiger partial charge in [0, 0.05) is 31.9 Å². The van der Waals surface area contributed by atoms with Crippen molar-refractivity contribution in [3.8, 4) is 0 Å². The van der Waals surface area contributed by atoms with E-state index in [1.165, 1.54) is 17.9 Å². The Hall–Kier alpha value is -1.66. The van der Waals surface area contributed by atoms with Crippen LogP contribution in [0.1, 0.15) is 27.8 Å². The fourth-order valence-electron chi connectivity index (χ4n) is 2.07. The number of aliphatic hydroxyl groups is 2. The highest BCUT2D eigenvalue weighted by molar-refractivity contribution is 5.99. The monoisotopic (exact) mass is 252 g/mol. The molecule has 0 aromatic carbocycles. The van der Waals surface area contributed by atoms with Gasteiger partial charge in [0.2, 0.25) is 0 Å². The van der Waals surface area contributed by atoms with E-state index in [4.69, 9.17) is 0 Å². The minimum absolute atomic E-state index is 0.105. The molecule has 18 heavy (non-hydrogen) atoms. The molecule has 1 fully saturated rings. The smallest absolute Gasteiger partial charge is 0.270 e. The van der Waals surface area contributed by atoms with E-state index < -0.39 is 12.2 Å². The summed E-state index contributed by atoms with van der Waals surface area (Å²) in [6.07, 6.45) is -0.207. The Morgan fingerprint density at radius 1 is 1.28 bits per heavy atom. The number of nitrogens with zero attached hydrogens (tertiary/aromatic N) is 2. The Morgan fingerprint density at radius 3 is 2.28 bits per heavy atom. The van der Waals surface area contributed by atoms with Gasteiger partial charge < -0.3 is 19.7 Å². The van der Waals surface area contributed by atoms with E-state index >= 15 is 0 Å². The van der Waals surface area contributed by atoms with E-state index in [9.17, 15) is 19.8 Å². The maximum atomic E-state index is 12.2. The average Bonchev–Trinajstić information content (AvgIpc) is 2.83. The van der Waals surface area contributed by atoms with Crippen LogP contribution < -0.4 is 0 Å². The summed E-state index contributed by atoms with van der Waals surface area (Å²) in [5.41, 5.74) is 0.850. The van der Waals surface area contributed by atoms with E-state index in [0.29, 0.717) is 11.3 Å². The quantitative estimate of drug-likeness (QED) is 0.689. The average molecular weight is 252 g/mol. The van der Waals surface area contributed by atoms with Crippen LogP contribution in [0.4, 0.5) is 0 Å². The first-order valence-corrected chi connectivity index (χ1v) is 5.73. The van der Waals surface area contributed by atoms with E-state index in [1.807, 2.05) is 0 Å². The molecule has 0 saturated carbocycles. The van der Waals surface area contributed by atoms with E-state index in [-0.39, 0.29) is 24.8 Å². The van der Waals surface area contributed by atoms with Crippen molar-refractivity contribution < 1.29 is 19.8 Å². The van der Waals surface area contributed by atoms with Gasteiger partial charge in [0.1, 0.15) is 5.69 Å². The molecule has 0 radical (unpaired) electrons. The van der Waals surface area contributed by atoms with Crippen molar-refractivity contribution in [2.75, 3.05) is 13.1 Å². The van der Waals surface area contributed by atoms with Gasteiger partial charge in [-0.3, -0.25) is 9.59 Å². The highest BCUT2D eigenvalue weighted by Crippen LogP contribution is 2.16. The second kappa shape index (κ2) is 4.55. The van der Waals surface area contributed by atoms with Gasteiger partial charge in [0.25, 0.3) is 5.91 Å². The third-order valence-corrected chi connectivity index (χ3v) is 3.18. The van der Waals surface area contributed by atoms with Gasteiger partial charge in [-0.05, 0) is 13.0 Å². The van der Waals surface area contributed by atoms with Crippen LogP contribution in [0.5, 0.6) is 0 Å². The molecule has 1 amide bonds. The topological polar surface area (TPSA) is 82.8 Å². The summed E-state index contributed by atoms with van der Waals surface area (Å²) < 4.78 is 1.58. The van der Waals surface area contributed by atoms with Crippen molar-refractivity contribution in [3.05, 3.63) is 23.5 Å². The first kappa shape index (κ1) is 12.8. The van der Waals surface area contributed by atoms with Gasteiger partial charge in [0.05, 0.1) is 12.2 Å². The summed E-state index contributed by atoms with van der Waals surface area (Å²) in [6.45, 7) is 1.66. The molecule has 98 valence electrons. The number of hydrogen-bond donors (Lipinski definition) is 2. The van der Waals surface area contributed by atoms with Gasteiger partial charge in [-0.25, -0.2) is 0 Å². The maximum absolute atomic E-state index is 12.2. The molecule has 1 aromatic rings. The second-order valence-corrected chi connectivity index (χ2v) is 4.63. The lowest BCUT2D eigenvalue weighted by Crippen LogP contribution is -2.31. The van der Waals surface area contributed by atoms with Crippen LogP contribution in [0.2, 0.25) is 0 Å². The number of aliphatic hydroxyl groups excluding tert-OH is 2. The number of aryl methyl sites for hydroxylation is 1. The number of hydrogen-bond acceptors (Lipinski definition) is 4. The molecule has 2 rings (SSSR count). The SMILES string of the molecule is CC(=O)c1cc(C(=O)N2C[C@@H](O)[C@@H](O)C2)n(C)c1. The lowest BCUT2D eigenvalue weighted by atomic mass is 10.2. The largest absolute Gasteiger partial charge is 0.388 e. The predicted octanol–water partition coefficient (Wildman–Crippen LogP) is -0.595. The predicted molar refractivity (Wildman–Crippen MR) is 63.3 cm³/mol. The number of amides is 1. The van der Waals surface area contributed by atoms with Crippen LogP contribution in [0, 0.1) is 0 Å². The summed E-state index contributed by atoms with van der Waals surface area (Å²) >= 11 is 0. The van der Waals surface area contributed by atoms with E-state index in [2.05, 4.69) is 0 Å². The van der Waals surface area contributed by atoms with Crippen molar-refractivity contribution in [1.29, 1.82) is 0 Å². The number of aromatic nitrogens is 1. The Balaban J connectivity index is 2.22. The van der Waals surface area contributed by atoms with Gasteiger partial charge in [-0.15, -0.1) is 0 Å². The van der Waals surface area contributed by atoms with Gasteiger partial charge in [-0.2, -0.15) is 0 Å². The van der Waals surface area contributed by atoms with Crippen LogP contribution in [0.3, 0.4) is 0 Å². The molecule has 1 aliphatic rings. The van der Waals surface area contributed by atoms with Gasteiger partial charge in [-0.1, -0.05) is 0 Å². The number of likely N-dealkylation sites (tertiary alicyclic amines) is 1. The number of ketones is 1. The molecule has 2 N–H and O–H groups in total. The maximum Gasteiger partial charge on any atom is 0.270 e. The highest BCUT2D eigenvalue weighted by atomic mass is 16.3. The third-order valence-electron chi connectivity index (χ3n) is 3.18. The molecule has 0 bridgehead atoms. The van der Waals surface area contributed by atoms with Crippen molar-refractivity contribution in [3.63, 3.8) is 0 Å². The Morgan fingerprint density at radius 2 is 1.83 bits per heavy atom. The zero-order chi connectivity index (χ0) is 13.4. The summed E-state index contributed by atoms with van der Waals surface area (Å²) in [7, 11) is 1.68. The molecule has 6 nitrogen and oxygen atoms in total. The second-order valence-electron chi connectivity index (χ2n) is 4.63. The summed E-state index contributed by atoms with van der Waals surface area (Å²) in [4.78, 5) is 24.8. The summed E-state index contributed by atoms with van der Waals surface area (Å²) in [5.74, 6) is -0.397. The molecular weight excluding hydrogens is 236 g/mol. The molecule has 0 aliphatic carbocycles. The van der Waals surface area contributed by atoms with E-state index in [1.54, 1.807) is 17.8 Å². The molecule has 1 saturated heterocycles. The van der Waals surface area contributed by atoms with Crippen molar-refractivity contribution in [2.24, 2.45) is 7.05 Å². The highest BCUT2D eigenvalue weighted by Gasteiger charge is 2.33. The minimum atomic E-state index is -0.901. The van der Waals surface area contributed by atoms with Gasteiger partial charge >= 0.3 is 0 Å². The van der Waals surface area contributed by atoms with E-state index in [0.717, 1.165) is 0 Å². The zero-order valence-corrected chi connectivity index (χ0v) is 10.3. The van der Waals surface area contributed by atoms with Crippen LogP contribution in [-0.2, 0) is 7.05 Å².